The number of nitrogens with one attached hydrogen (secondary N) is 1. The Morgan fingerprint density at radius 2 is 2.20 bits per heavy atom. The molecule has 2 N–H and O–H groups in total. The van der Waals surface area contributed by atoms with E-state index in [4.69, 9.17) is 0 Å². The van der Waals surface area contributed by atoms with E-state index in [2.05, 4.69) is 47.3 Å². The van der Waals surface area contributed by atoms with E-state index in [1.807, 2.05) is 0 Å². The molecule has 1 fully saturated rings. The normalized spacial score (nSPS) is 31.9. The van der Waals surface area contributed by atoms with Crippen LogP contribution in [0.1, 0.15) is 23.7 Å². The number of aryl methyl sites for hydroxylation is 1. The number of fused-ring (bicyclic) bond motifs is 6. The topological polar surface area (TPSA) is 61.0 Å². The highest BCUT2D eigenvalue weighted by Crippen LogP contribution is 2.41. The molecule has 4 nitrogen and oxygen atoms in total. The van der Waals surface area contributed by atoms with Gasteiger partial charge in [-0.05, 0) is 24.5 Å². The maximum absolute atomic E-state index is 10.2. The maximum atomic E-state index is 10.2. The molecule has 0 saturated carbocycles. The van der Waals surface area contributed by atoms with Gasteiger partial charge in [0.05, 0.1) is 24.1 Å². The van der Waals surface area contributed by atoms with Crippen LogP contribution in [0.2, 0.25) is 0 Å². The fourth-order valence-corrected chi connectivity index (χ4v) is 4.01. The Hall–Kier alpha value is -1.83. The van der Waals surface area contributed by atoms with Crippen molar-refractivity contribution in [3.8, 4) is 6.07 Å². The molecule has 0 unspecified atom stereocenters. The fourth-order valence-electron chi connectivity index (χ4n) is 4.01. The third kappa shape index (κ3) is 1.42. The standard InChI is InChI=1S/C16H17N3O/c1-19-14-5-3-2-4-9(14)10-6-12-11(8-17)15(20)7-13(18-12)16(10)19/h2-5,11-13,15,18,20H,6-7H2,1H3/t11-,12+,13+,15-/m1/s1. The van der Waals surface area contributed by atoms with E-state index in [0.717, 1.165) is 6.42 Å². The van der Waals surface area contributed by atoms with Gasteiger partial charge in [0.15, 0.2) is 0 Å². The Morgan fingerprint density at radius 3 is 3.00 bits per heavy atom. The van der Waals surface area contributed by atoms with Crippen LogP contribution in [0.25, 0.3) is 10.9 Å². The summed E-state index contributed by atoms with van der Waals surface area (Å²) < 4.78 is 2.23. The van der Waals surface area contributed by atoms with Crippen molar-refractivity contribution in [3.63, 3.8) is 0 Å². The summed E-state index contributed by atoms with van der Waals surface area (Å²) in [5.74, 6) is -0.307. The second-order valence-corrected chi connectivity index (χ2v) is 5.93. The Labute approximate surface area is 117 Å². The molecule has 3 heterocycles. The van der Waals surface area contributed by atoms with Crippen LogP contribution in [0.3, 0.4) is 0 Å². The molecule has 1 aromatic carbocycles. The summed E-state index contributed by atoms with van der Waals surface area (Å²) in [6.45, 7) is 0. The molecular weight excluding hydrogens is 250 g/mol. The van der Waals surface area contributed by atoms with Crippen molar-refractivity contribution in [2.45, 2.75) is 31.0 Å². The van der Waals surface area contributed by atoms with Crippen LogP contribution in [0.5, 0.6) is 0 Å². The summed E-state index contributed by atoms with van der Waals surface area (Å²) >= 11 is 0. The minimum absolute atomic E-state index is 0.0621. The molecule has 0 spiro atoms. The number of hydrogen-bond donors (Lipinski definition) is 2. The van der Waals surface area contributed by atoms with Gasteiger partial charge < -0.3 is 15.0 Å². The van der Waals surface area contributed by atoms with E-state index >= 15 is 0 Å². The summed E-state index contributed by atoms with van der Waals surface area (Å²) in [7, 11) is 2.09. The number of aliphatic hydroxyl groups excluding tert-OH is 1. The molecule has 2 bridgehead atoms. The van der Waals surface area contributed by atoms with Crippen molar-refractivity contribution in [3.05, 3.63) is 35.5 Å². The molecule has 2 aromatic rings. The average Bonchev–Trinajstić information content (AvgIpc) is 2.73. The Bertz CT molecular complexity index is 727. The average molecular weight is 267 g/mol. The predicted octanol–water partition coefficient (Wildman–Crippen LogP) is 1.64. The molecule has 0 radical (unpaired) electrons. The number of piperidine rings is 1. The van der Waals surface area contributed by atoms with Crippen molar-refractivity contribution in [1.82, 2.24) is 9.88 Å². The molecule has 4 atom stereocenters. The lowest BCUT2D eigenvalue weighted by Gasteiger charge is -2.42. The zero-order valence-corrected chi connectivity index (χ0v) is 11.4. The van der Waals surface area contributed by atoms with Crippen LogP contribution >= 0.6 is 0 Å². The minimum Gasteiger partial charge on any atom is -0.392 e. The Kier molecular flexibility index (Phi) is 2.44. The lowest BCUT2D eigenvalue weighted by atomic mass is 9.77. The van der Waals surface area contributed by atoms with Gasteiger partial charge in [-0.2, -0.15) is 5.26 Å². The smallest absolute Gasteiger partial charge is 0.0879 e. The van der Waals surface area contributed by atoms with Crippen LogP contribution in [0, 0.1) is 17.2 Å². The minimum atomic E-state index is -0.526. The molecule has 102 valence electrons. The maximum Gasteiger partial charge on any atom is 0.0879 e. The molecule has 2 aliphatic rings. The first kappa shape index (κ1) is 12.0. The third-order valence-corrected chi connectivity index (χ3v) is 4.90. The lowest BCUT2D eigenvalue weighted by Crippen LogP contribution is -2.53. The number of rotatable bonds is 0. The molecular formula is C16H17N3O. The number of nitriles is 1. The van der Waals surface area contributed by atoms with Crippen LogP contribution in [0.15, 0.2) is 24.3 Å². The molecule has 2 aliphatic heterocycles. The van der Waals surface area contributed by atoms with Gasteiger partial charge in [0.25, 0.3) is 0 Å². The number of nitrogens with zero attached hydrogens (tertiary/aromatic N) is 2. The number of benzene rings is 1. The monoisotopic (exact) mass is 267 g/mol. The second kappa shape index (κ2) is 4.08. The summed E-state index contributed by atoms with van der Waals surface area (Å²) in [6.07, 6.45) is 0.913. The van der Waals surface area contributed by atoms with Crippen molar-refractivity contribution in [2.75, 3.05) is 0 Å². The second-order valence-electron chi connectivity index (χ2n) is 5.93. The van der Waals surface area contributed by atoms with Gasteiger partial charge in [-0.25, -0.2) is 0 Å². The van der Waals surface area contributed by atoms with Gasteiger partial charge in [0.2, 0.25) is 0 Å². The molecule has 20 heavy (non-hydrogen) atoms. The first-order valence-electron chi connectivity index (χ1n) is 7.10. The van der Waals surface area contributed by atoms with Gasteiger partial charge in [-0.15, -0.1) is 0 Å². The largest absolute Gasteiger partial charge is 0.392 e. The quantitative estimate of drug-likeness (QED) is 0.763. The fraction of sp³-hybridized carbons (Fsp3) is 0.438. The van der Waals surface area contributed by atoms with Gasteiger partial charge in [-0.1, -0.05) is 18.2 Å². The SMILES string of the molecule is Cn1c2c(c3ccccc31)C[C@@H]1N[C@H]2C[C@@H](O)[C@@H]1C#N. The van der Waals surface area contributed by atoms with Crippen LogP contribution in [0.4, 0.5) is 0 Å². The number of aliphatic hydroxyl groups is 1. The van der Waals surface area contributed by atoms with Crippen LogP contribution < -0.4 is 5.32 Å². The molecule has 4 heteroatoms. The zero-order chi connectivity index (χ0) is 13.9. The third-order valence-electron chi connectivity index (χ3n) is 4.90. The van der Waals surface area contributed by atoms with Crippen LogP contribution in [-0.4, -0.2) is 21.8 Å². The lowest BCUT2D eigenvalue weighted by molar-refractivity contribution is 0.0509. The summed E-state index contributed by atoms with van der Waals surface area (Å²) in [5.41, 5.74) is 3.86. The number of para-hydroxylation sites is 1. The highest BCUT2D eigenvalue weighted by molar-refractivity contribution is 5.86. The van der Waals surface area contributed by atoms with E-state index < -0.39 is 6.10 Å². The van der Waals surface area contributed by atoms with E-state index in [-0.39, 0.29) is 18.0 Å². The van der Waals surface area contributed by atoms with E-state index in [0.29, 0.717) is 6.42 Å². The van der Waals surface area contributed by atoms with E-state index in [1.54, 1.807) is 0 Å². The van der Waals surface area contributed by atoms with Gasteiger partial charge in [-0.3, -0.25) is 0 Å². The Morgan fingerprint density at radius 1 is 1.40 bits per heavy atom. The summed E-state index contributed by atoms with van der Waals surface area (Å²) in [5, 5.41) is 24.3. The predicted molar refractivity (Wildman–Crippen MR) is 76.0 cm³/mol. The molecule has 0 amide bonds. The molecule has 0 aliphatic carbocycles. The first-order valence-corrected chi connectivity index (χ1v) is 7.10. The van der Waals surface area contributed by atoms with Crippen molar-refractivity contribution in [2.24, 2.45) is 13.0 Å². The van der Waals surface area contributed by atoms with Gasteiger partial charge in [0, 0.05) is 29.7 Å². The molecule has 1 saturated heterocycles. The number of hydrogen-bond acceptors (Lipinski definition) is 3. The summed E-state index contributed by atoms with van der Waals surface area (Å²) in [6, 6.07) is 10.9. The molecule has 4 rings (SSSR count). The number of aromatic nitrogens is 1. The van der Waals surface area contributed by atoms with Crippen molar-refractivity contribution < 1.29 is 5.11 Å². The van der Waals surface area contributed by atoms with Crippen molar-refractivity contribution in [1.29, 1.82) is 5.26 Å². The molecule has 1 aromatic heterocycles. The van der Waals surface area contributed by atoms with Crippen LogP contribution in [-0.2, 0) is 13.5 Å². The zero-order valence-electron chi connectivity index (χ0n) is 11.4. The highest BCUT2D eigenvalue weighted by Gasteiger charge is 2.43. The highest BCUT2D eigenvalue weighted by atomic mass is 16.3. The van der Waals surface area contributed by atoms with Crippen molar-refractivity contribution >= 4 is 10.9 Å². The van der Waals surface area contributed by atoms with E-state index in [1.165, 1.54) is 22.2 Å². The Balaban J connectivity index is 1.93. The first-order chi connectivity index (χ1) is 9.70. The van der Waals surface area contributed by atoms with E-state index in [9.17, 15) is 10.4 Å². The van der Waals surface area contributed by atoms with Gasteiger partial charge >= 0.3 is 0 Å². The summed E-state index contributed by atoms with van der Waals surface area (Å²) in [4.78, 5) is 0. The van der Waals surface area contributed by atoms with Gasteiger partial charge in [0.1, 0.15) is 0 Å².